The highest BCUT2D eigenvalue weighted by Gasteiger charge is 2.15. The number of hydrogen-bond acceptors (Lipinski definition) is 6. The van der Waals surface area contributed by atoms with E-state index in [1.54, 1.807) is 13.4 Å². The van der Waals surface area contributed by atoms with Crippen molar-refractivity contribution in [3.05, 3.63) is 12.0 Å². The van der Waals surface area contributed by atoms with E-state index >= 15 is 0 Å². The minimum Gasteiger partial charge on any atom is -0.383 e. The first-order valence-electron chi connectivity index (χ1n) is 5.55. The number of nitrogens with zero attached hydrogens (tertiary/aromatic N) is 5. The lowest BCUT2D eigenvalue weighted by Gasteiger charge is -2.04. The van der Waals surface area contributed by atoms with E-state index < -0.39 is 0 Å². The molecule has 0 bridgehead atoms. The summed E-state index contributed by atoms with van der Waals surface area (Å²) in [6, 6.07) is 0. The van der Waals surface area contributed by atoms with Crippen molar-refractivity contribution in [1.82, 2.24) is 24.4 Å². The van der Waals surface area contributed by atoms with Crippen LogP contribution >= 0.6 is 11.5 Å². The Morgan fingerprint density at radius 1 is 1.41 bits per heavy atom. The summed E-state index contributed by atoms with van der Waals surface area (Å²) >= 11 is 1.37. The highest BCUT2D eigenvalue weighted by Crippen LogP contribution is 2.24. The summed E-state index contributed by atoms with van der Waals surface area (Å²) in [5.41, 5.74) is 1.00. The van der Waals surface area contributed by atoms with Crippen molar-refractivity contribution < 1.29 is 4.74 Å². The Bertz CT molecular complexity index is 467. The predicted molar refractivity (Wildman–Crippen MR) is 64.8 cm³/mol. The molecule has 2 aromatic rings. The number of ether oxygens (including phenoxy) is 1. The summed E-state index contributed by atoms with van der Waals surface area (Å²) in [6.07, 6.45) is 3.68. The normalized spacial score (nSPS) is 10.9. The molecule has 0 spiro atoms. The molecule has 0 saturated heterocycles. The molecule has 0 atom stereocenters. The molecule has 0 saturated carbocycles. The van der Waals surface area contributed by atoms with Gasteiger partial charge in [0.15, 0.2) is 5.82 Å². The second kappa shape index (κ2) is 5.83. The average Bonchev–Trinajstić information content (AvgIpc) is 2.94. The molecule has 6 nitrogen and oxygen atoms in total. The fraction of sp³-hybridized carbons (Fsp3) is 0.600. The second-order valence-electron chi connectivity index (χ2n) is 3.64. The van der Waals surface area contributed by atoms with E-state index in [0.717, 1.165) is 35.8 Å². The molecule has 0 amide bonds. The highest BCUT2D eigenvalue weighted by atomic mass is 32.1. The Hall–Kier alpha value is -1.34. The average molecular weight is 253 g/mol. The number of hydrogen-bond donors (Lipinski definition) is 0. The van der Waals surface area contributed by atoms with E-state index in [2.05, 4.69) is 26.7 Å². The van der Waals surface area contributed by atoms with Crippen molar-refractivity contribution in [1.29, 1.82) is 0 Å². The van der Waals surface area contributed by atoms with Crippen molar-refractivity contribution in [2.24, 2.45) is 0 Å². The Kier molecular flexibility index (Phi) is 4.16. The Morgan fingerprint density at radius 2 is 2.29 bits per heavy atom. The number of aryl methyl sites for hydroxylation is 1. The molecule has 2 heterocycles. The fourth-order valence-electron chi connectivity index (χ4n) is 1.56. The van der Waals surface area contributed by atoms with Gasteiger partial charge in [-0.2, -0.15) is 0 Å². The third-order valence-corrected chi connectivity index (χ3v) is 3.16. The van der Waals surface area contributed by atoms with Gasteiger partial charge >= 0.3 is 0 Å². The maximum Gasteiger partial charge on any atom is 0.177 e. The number of rotatable bonds is 6. The number of aromatic nitrogens is 5. The van der Waals surface area contributed by atoms with Gasteiger partial charge in [-0.05, 0) is 18.0 Å². The standard InChI is InChI=1S/C10H15N5OS/c1-3-4-8-9(17-14-12-8)10-13-11-7-15(10)5-6-16-2/h7H,3-6H2,1-2H3. The first kappa shape index (κ1) is 12.1. The predicted octanol–water partition coefficient (Wildman–Crippen LogP) is 1.40. The molecule has 0 aliphatic carbocycles. The number of methoxy groups -OCH3 is 1. The van der Waals surface area contributed by atoms with Crippen molar-refractivity contribution in [2.75, 3.05) is 13.7 Å². The first-order valence-corrected chi connectivity index (χ1v) is 6.32. The monoisotopic (exact) mass is 253 g/mol. The van der Waals surface area contributed by atoms with Gasteiger partial charge in [-0.15, -0.1) is 15.3 Å². The van der Waals surface area contributed by atoms with Gasteiger partial charge in [0.2, 0.25) is 0 Å². The zero-order valence-corrected chi connectivity index (χ0v) is 10.8. The van der Waals surface area contributed by atoms with Crippen molar-refractivity contribution in [2.45, 2.75) is 26.3 Å². The fourth-order valence-corrected chi connectivity index (χ4v) is 2.27. The topological polar surface area (TPSA) is 65.7 Å². The van der Waals surface area contributed by atoms with Crippen LogP contribution in [0.2, 0.25) is 0 Å². The van der Waals surface area contributed by atoms with Crippen LogP contribution in [0.5, 0.6) is 0 Å². The zero-order valence-electron chi connectivity index (χ0n) is 9.96. The molecule has 0 radical (unpaired) electrons. The van der Waals surface area contributed by atoms with E-state index in [1.165, 1.54) is 11.5 Å². The zero-order chi connectivity index (χ0) is 12.1. The van der Waals surface area contributed by atoms with E-state index in [4.69, 9.17) is 4.74 Å². The van der Waals surface area contributed by atoms with Crippen LogP contribution < -0.4 is 0 Å². The van der Waals surface area contributed by atoms with Gasteiger partial charge in [0.05, 0.1) is 12.3 Å². The smallest absolute Gasteiger partial charge is 0.177 e. The third-order valence-electron chi connectivity index (χ3n) is 2.40. The van der Waals surface area contributed by atoms with Gasteiger partial charge in [0.1, 0.15) is 11.2 Å². The lowest BCUT2D eigenvalue weighted by atomic mass is 10.2. The minimum absolute atomic E-state index is 0.639. The maximum absolute atomic E-state index is 5.06. The molecule has 0 aliphatic rings. The van der Waals surface area contributed by atoms with Gasteiger partial charge < -0.3 is 9.30 Å². The largest absolute Gasteiger partial charge is 0.383 e. The van der Waals surface area contributed by atoms with Crippen LogP contribution in [0.25, 0.3) is 10.7 Å². The molecule has 2 rings (SSSR count). The molecule has 0 N–H and O–H groups in total. The van der Waals surface area contributed by atoms with Gasteiger partial charge in [0.25, 0.3) is 0 Å². The van der Waals surface area contributed by atoms with Gasteiger partial charge in [-0.3, -0.25) is 0 Å². The Morgan fingerprint density at radius 3 is 3.06 bits per heavy atom. The molecule has 2 aromatic heterocycles. The van der Waals surface area contributed by atoms with Crippen molar-refractivity contribution in [3.8, 4) is 10.7 Å². The Labute approximate surface area is 104 Å². The van der Waals surface area contributed by atoms with Crippen LogP contribution in [-0.2, 0) is 17.7 Å². The van der Waals surface area contributed by atoms with Gasteiger partial charge in [-0.25, -0.2) is 0 Å². The molecular weight excluding hydrogens is 238 g/mol. The molecule has 92 valence electrons. The Balaban J connectivity index is 2.26. The lowest BCUT2D eigenvalue weighted by Crippen LogP contribution is -2.05. The van der Waals surface area contributed by atoms with Crippen molar-refractivity contribution in [3.63, 3.8) is 0 Å². The lowest BCUT2D eigenvalue weighted by molar-refractivity contribution is 0.187. The minimum atomic E-state index is 0.639. The van der Waals surface area contributed by atoms with Crippen molar-refractivity contribution >= 4 is 11.5 Å². The van der Waals surface area contributed by atoms with E-state index in [9.17, 15) is 0 Å². The van der Waals surface area contributed by atoms with E-state index in [0.29, 0.717) is 6.61 Å². The second-order valence-corrected chi connectivity index (χ2v) is 4.39. The van der Waals surface area contributed by atoms with Crippen LogP contribution in [0, 0.1) is 0 Å². The van der Waals surface area contributed by atoms with Gasteiger partial charge in [0, 0.05) is 13.7 Å². The summed E-state index contributed by atoms with van der Waals surface area (Å²) in [4.78, 5) is 1.01. The summed E-state index contributed by atoms with van der Waals surface area (Å²) in [6.45, 7) is 3.50. The van der Waals surface area contributed by atoms with Crippen LogP contribution in [0.4, 0.5) is 0 Å². The first-order chi connectivity index (χ1) is 8.36. The van der Waals surface area contributed by atoms with Crippen LogP contribution in [0.15, 0.2) is 6.33 Å². The summed E-state index contributed by atoms with van der Waals surface area (Å²) in [5, 5.41) is 12.2. The molecule has 7 heteroatoms. The van der Waals surface area contributed by atoms with Gasteiger partial charge in [-0.1, -0.05) is 17.8 Å². The van der Waals surface area contributed by atoms with Crippen LogP contribution in [0.3, 0.4) is 0 Å². The third kappa shape index (κ3) is 2.67. The van der Waals surface area contributed by atoms with E-state index in [-0.39, 0.29) is 0 Å². The molecular formula is C10H15N5OS. The summed E-state index contributed by atoms with van der Waals surface area (Å²) < 4.78 is 11.0. The molecule has 17 heavy (non-hydrogen) atoms. The van der Waals surface area contributed by atoms with E-state index in [1.807, 2.05) is 4.57 Å². The summed E-state index contributed by atoms with van der Waals surface area (Å²) in [7, 11) is 1.68. The van der Waals surface area contributed by atoms with Crippen LogP contribution in [0.1, 0.15) is 19.0 Å². The van der Waals surface area contributed by atoms with Crippen LogP contribution in [-0.4, -0.2) is 38.1 Å². The summed E-state index contributed by atoms with van der Waals surface area (Å²) in [5.74, 6) is 0.834. The maximum atomic E-state index is 5.06. The molecule has 0 aliphatic heterocycles. The quantitative estimate of drug-likeness (QED) is 0.778. The molecule has 0 fully saturated rings. The molecule has 0 unspecified atom stereocenters. The molecule has 0 aromatic carbocycles. The highest BCUT2D eigenvalue weighted by molar-refractivity contribution is 7.09. The SMILES string of the molecule is CCCc1nnsc1-c1nncn1CCOC.